The molecule has 1 unspecified atom stereocenters. The van der Waals surface area contributed by atoms with Crippen LogP contribution in [0, 0.1) is 12.8 Å². The van der Waals surface area contributed by atoms with Crippen molar-refractivity contribution in [2.24, 2.45) is 5.92 Å². The minimum atomic E-state index is -0.483. The van der Waals surface area contributed by atoms with Crippen molar-refractivity contribution in [3.05, 3.63) is 63.6 Å². The number of ether oxygens (including phenoxy) is 1. The molecular weight excluding hydrogens is 478 g/mol. The fraction of sp³-hybridized carbons (Fsp3) is 0.500. The van der Waals surface area contributed by atoms with Crippen molar-refractivity contribution in [3.63, 3.8) is 0 Å². The van der Waals surface area contributed by atoms with E-state index in [1.165, 1.54) is 19.3 Å². The van der Waals surface area contributed by atoms with E-state index in [0.717, 1.165) is 39.7 Å². The number of hydrogen-bond donors (Lipinski definition) is 1. The summed E-state index contributed by atoms with van der Waals surface area (Å²) in [6.45, 7) is 7.64. The lowest BCUT2D eigenvalue weighted by Crippen LogP contribution is -2.29. The Balaban J connectivity index is 1.76. The lowest BCUT2D eigenvalue weighted by Gasteiger charge is -2.30. The molecule has 1 aliphatic rings. The van der Waals surface area contributed by atoms with Gasteiger partial charge in [0, 0.05) is 16.6 Å². The van der Waals surface area contributed by atoms with E-state index < -0.39 is 5.60 Å². The maximum Gasteiger partial charge on any atom is 0.306 e. The molecule has 1 saturated carbocycles. The third kappa shape index (κ3) is 7.43. The van der Waals surface area contributed by atoms with Crippen LogP contribution in [0.2, 0.25) is 0 Å². The number of anilines is 1. The minimum Gasteiger partial charge on any atom is -0.460 e. The number of aryl methyl sites for hydroxylation is 1. The van der Waals surface area contributed by atoms with Gasteiger partial charge < -0.3 is 10.1 Å². The number of carbonyl (C=O) groups is 2. The van der Waals surface area contributed by atoms with Crippen molar-refractivity contribution >= 4 is 33.5 Å². The Labute approximate surface area is 206 Å². The van der Waals surface area contributed by atoms with Crippen molar-refractivity contribution in [3.8, 4) is 0 Å². The van der Waals surface area contributed by atoms with E-state index in [4.69, 9.17) is 4.74 Å². The molecule has 4 nitrogen and oxygen atoms in total. The largest absolute Gasteiger partial charge is 0.460 e. The van der Waals surface area contributed by atoms with E-state index in [-0.39, 0.29) is 17.8 Å². The van der Waals surface area contributed by atoms with Crippen LogP contribution in [0.5, 0.6) is 0 Å². The molecule has 2 aromatic rings. The van der Waals surface area contributed by atoms with Crippen LogP contribution >= 0.6 is 15.9 Å². The fourth-order valence-electron chi connectivity index (χ4n) is 4.70. The number of esters is 1. The zero-order chi connectivity index (χ0) is 24.0. The average molecular weight is 515 g/mol. The molecular formula is C28H36BrNO3. The second-order valence-corrected chi connectivity index (χ2v) is 11.0. The highest BCUT2D eigenvalue weighted by Crippen LogP contribution is 2.37. The second-order valence-electron chi connectivity index (χ2n) is 10.1. The molecule has 178 valence electrons. The van der Waals surface area contributed by atoms with Gasteiger partial charge in [0.05, 0.1) is 5.92 Å². The van der Waals surface area contributed by atoms with Crippen LogP contribution in [-0.4, -0.2) is 17.5 Å². The molecule has 1 fully saturated rings. The molecule has 2 aromatic carbocycles. The highest BCUT2D eigenvalue weighted by atomic mass is 79.9. The number of carbonyl (C=O) groups excluding carboxylic acids is 2. The number of halogens is 1. The SMILES string of the molecule is Cc1c(CCC(=O)OC(C)(C)C)cccc1NC(=O)C(c1ccc(Br)cc1)C1CCCCC1. The van der Waals surface area contributed by atoms with Crippen LogP contribution < -0.4 is 5.32 Å². The van der Waals surface area contributed by atoms with Crippen molar-refractivity contribution in [2.45, 2.75) is 84.2 Å². The average Bonchev–Trinajstić information content (AvgIpc) is 2.75. The van der Waals surface area contributed by atoms with Gasteiger partial charge in [-0.05, 0) is 87.8 Å². The molecule has 0 aromatic heterocycles. The first-order chi connectivity index (χ1) is 15.6. The number of benzene rings is 2. The van der Waals surface area contributed by atoms with E-state index in [9.17, 15) is 9.59 Å². The Morgan fingerprint density at radius 1 is 1.06 bits per heavy atom. The number of nitrogens with one attached hydrogen (secondary N) is 1. The van der Waals surface area contributed by atoms with Gasteiger partial charge in [0.2, 0.25) is 5.91 Å². The van der Waals surface area contributed by atoms with Crippen molar-refractivity contribution in [1.82, 2.24) is 0 Å². The van der Waals surface area contributed by atoms with E-state index in [0.29, 0.717) is 18.8 Å². The van der Waals surface area contributed by atoms with Gasteiger partial charge >= 0.3 is 5.97 Å². The minimum absolute atomic E-state index is 0.0524. The molecule has 3 rings (SSSR count). The topological polar surface area (TPSA) is 55.4 Å². The third-order valence-electron chi connectivity index (χ3n) is 6.36. The summed E-state index contributed by atoms with van der Waals surface area (Å²) in [5, 5.41) is 3.22. The normalized spacial score (nSPS) is 15.7. The summed E-state index contributed by atoms with van der Waals surface area (Å²) in [5.41, 5.74) is 3.47. The van der Waals surface area contributed by atoms with Gasteiger partial charge in [-0.2, -0.15) is 0 Å². The Hall–Kier alpha value is -2.14. The number of amides is 1. The van der Waals surface area contributed by atoms with E-state index in [2.05, 4.69) is 33.4 Å². The van der Waals surface area contributed by atoms with E-state index >= 15 is 0 Å². The standard InChI is InChI=1S/C28H36BrNO3/c1-19-20(15-18-25(31)33-28(2,3)4)11-8-12-24(19)30-27(32)26(21-9-6-5-7-10-21)22-13-16-23(29)17-14-22/h8,11-14,16-17,21,26H,5-7,9-10,15,18H2,1-4H3,(H,30,32). The smallest absolute Gasteiger partial charge is 0.306 e. The van der Waals surface area contributed by atoms with Crippen molar-refractivity contribution in [1.29, 1.82) is 0 Å². The molecule has 0 aliphatic heterocycles. The van der Waals surface area contributed by atoms with Gasteiger partial charge in [-0.25, -0.2) is 0 Å². The van der Waals surface area contributed by atoms with Gasteiger partial charge in [-0.3, -0.25) is 9.59 Å². The molecule has 1 atom stereocenters. The van der Waals surface area contributed by atoms with Gasteiger partial charge in [0.25, 0.3) is 0 Å². The lowest BCUT2D eigenvalue weighted by atomic mass is 9.76. The number of rotatable bonds is 7. The first-order valence-corrected chi connectivity index (χ1v) is 12.8. The molecule has 1 amide bonds. The van der Waals surface area contributed by atoms with Crippen molar-refractivity contribution in [2.75, 3.05) is 5.32 Å². The van der Waals surface area contributed by atoms with Crippen LogP contribution in [-0.2, 0) is 20.7 Å². The zero-order valence-corrected chi connectivity index (χ0v) is 21.8. The molecule has 0 bridgehead atoms. The van der Waals surface area contributed by atoms with Gasteiger partial charge in [0.15, 0.2) is 0 Å². The molecule has 1 N–H and O–H groups in total. The summed E-state index contributed by atoms with van der Waals surface area (Å²) in [5.74, 6) is 0.0411. The van der Waals surface area contributed by atoms with Crippen molar-refractivity contribution < 1.29 is 14.3 Å². The van der Waals surface area contributed by atoms with E-state index in [1.54, 1.807) is 0 Å². The van der Waals surface area contributed by atoms with Gasteiger partial charge in [0.1, 0.15) is 5.60 Å². The quantitative estimate of drug-likeness (QED) is 0.394. The second kappa shape index (κ2) is 11.3. The first kappa shape index (κ1) is 25.5. The van der Waals surface area contributed by atoms with Crippen LogP contribution in [0.4, 0.5) is 5.69 Å². The lowest BCUT2D eigenvalue weighted by molar-refractivity contribution is -0.154. The highest BCUT2D eigenvalue weighted by molar-refractivity contribution is 9.10. The summed E-state index contributed by atoms with van der Waals surface area (Å²) >= 11 is 3.51. The highest BCUT2D eigenvalue weighted by Gasteiger charge is 2.31. The summed E-state index contributed by atoms with van der Waals surface area (Å²) in [6, 6.07) is 14.1. The third-order valence-corrected chi connectivity index (χ3v) is 6.88. The van der Waals surface area contributed by atoms with Crippen LogP contribution in [0.3, 0.4) is 0 Å². The van der Waals surface area contributed by atoms with E-state index in [1.807, 2.05) is 58.0 Å². The van der Waals surface area contributed by atoms with Crippen LogP contribution in [0.1, 0.15) is 81.9 Å². The fourth-order valence-corrected chi connectivity index (χ4v) is 4.97. The number of hydrogen-bond acceptors (Lipinski definition) is 3. The van der Waals surface area contributed by atoms with Gasteiger partial charge in [-0.1, -0.05) is 59.5 Å². The molecule has 5 heteroatoms. The Kier molecular flexibility index (Phi) is 8.75. The zero-order valence-electron chi connectivity index (χ0n) is 20.2. The predicted octanol–water partition coefficient (Wildman–Crippen LogP) is 7.33. The molecule has 0 radical (unpaired) electrons. The molecule has 0 heterocycles. The van der Waals surface area contributed by atoms with Crippen LogP contribution in [0.15, 0.2) is 46.9 Å². The molecule has 0 saturated heterocycles. The first-order valence-electron chi connectivity index (χ1n) is 12.0. The summed E-state index contributed by atoms with van der Waals surface area (Å²) in [7, 11) is 0. The monoisotopic (exact) mass is 513 g/mol. The maximum atomic E-state index is 13.6. The summed E-state index contributed by atoms with van der Waals surface area (Å²) < 4.78 is 6.45. The molecule has 0 spiro atoms. The maximum absolute atomic E-state index is 13.6. The molecule has 1 aliphatic carbocycles. The molecule has 33 heavy (non-hydrogen) atoms. The Morgan fingerprint density at radius 2 is 1.73 bits per heavy atom. The Bertz CT molecular complexity index is 956. The Morgan fingerprint density at radius 3 is 2.36 bits per heavy atom. The predicted molar refractivity (Wildman–Crippen MR) is 137 cm³/mol. The van der Waals surface area contributed by atoms with Crippen LogP contribution in [0.25, 0.3) is 0 Å². The summed E-state index contributed by atoms with van der Waals surface area (Å²) in [4.78, 5) is 25.7. The summed E-state index contributed by atoms with van der Waals surface area (Å²) in [6.07, 6.45) is 6.70. The van der Waals surface area contributed by atoms with Gasteiger partial charge in [-0.15, -0.1) is 0 Å².